The molecule has 0 amide bonds. The van der Waals surface area contributed by atoms with E-state index in [0.717, 1.165) is 0 Å². The van der Waals surface area contributed by atoms with E-state index in [1.807, 2.05) is 6.92 Å². The van der Waals surface area contributed by atoms with Gasteiger partial charge in [-0.1, -0.05) is 12.1 Å². The average Bonchev–Trinajstić information content (AvgIpc) is 2.82. The SMILES string of the molecule is CCNC(C(=O)OCC)c1cn(CCCO)nn1. The van der Waals surface area contributed by atoms with Gasteiger partial charge in [0, 0.05) is 13.2 Å². The Morgan fingerprint density at radius 3 is 3.00 bits per heavy atom. The predicted molar refractivity (Wildman–Crippen MR) is 64.8 cm³/mol. The Labute approximate surface area is 106 Å². The van der Waals surface area contributed by atoms with Crippen molar-refractivity contribution in [2.75, 3.05) is 19.8 Å². The van der Waals surface area contributed by atoms with E-state index in [4.69, 9.17) is 9.84 Å². The minimum absolute atomic E-state index is 0.101. The number of aliphatic hydroxyl groups is 1. The average molecular weight is 256 g/mol. The molecule has 0 saturated carbocycles. The van der Waals surface area contributed by atoms with Crippen molar-refractivity contribution in [3.05, 3.63) is 11.9 Å². The minimum atomic E-state index is -0.585. The normalized spacial score (nSPS) is 12.4. The van der Waals surface area contributed by atoms with E-state index in [0.29, 0.717) is 31.8 Å². The Bertz CT molecular complexity index is 367. The maximum atomic E-state index is 11.8. The van der Waals surface area contributed by atoms with Crippen LogP contribution in [0.2, 0.25) is 0 Å². The largest absolute Gasteiger partial charge is 0.465 e. The van der Waals surface area contributed by atoms with Gasteiger partial charge in [0.15, 0.2) is 6.04 Å². The summed E-state index contributed by atoms with van der Waals surface area (Å²) in [7, 11) is 0. The molecule has 0 aromatic carbocycles. The number of hydrogen-bond acceptors (Lipinski definition) is 6. The Morgan fingerprint density at radius 2 is 2.39 bits per heavy atom. The monoisotopic (exact) mass is 256 g/mol. The summed E-state index contributed by atoms with van der Waals surface area (Å²) in [6, 6.07) is -0.585. The summed E-state index contributed by atoms with van der Waals surface area (Å²) in [5.74, 6) is -0.353. The number of carbonyl (C=O) groups excluding carboxylic acids is 1. The fourth-order valence-corrected chi connectivity index (χ4v) is 1.53. The number of hydrogen-bond donors (Lipinski definition) is 2. The van der Waals surface area contributed by atoms with Gasteiger partial charge < -0.3 is 9.84 Å². The topological polar surface area (TPSA) is 89.3 Å². The van der Waals surface area contributed by atoms with Gasteiger partial charge in [0.25, 0.3) is 0 Å². The third-order valence-corrected chi connectivity index (χ3v) is 2.33. The fraction of sp³-hybridized carbons (Fsp3) is 0.727. The van der Waals surface area contributed by atoms with Crippen molar-refractivity contribution in [2.45, 2.75) is 32.9 Å². The number of ether oxygens (including phenoxy) is 1. The molecule has 7 heteroatoms. The van der Waals surface area contributed by atoms with Gasteiger partial charge in [0.2, 0.25) is 0 Å². The summed E-state index contributed by atoms with van der Waals surface area (Å²) < 4.78 is 6.59. The lowest BCUT2D eigenvalue weighted by Gasteiger charge is -2.13. The van der Waals surface area contributed by atoms with Crippen molar-refractivity contribution in [3.8, 4) is 0 Å². The van der Waals surface area contributed by atoms with E-state index in [9.17, 15) is 4.79 Å². The van der Waals surface area contributed by atoms with Crippen LogP contribution in [0.15, 0.2) is 6.20 Å². The highest BCUT2D eigenvalue weighted by Gasteiger charge is 2.23. The minimum Gasteiger partial charge on any atom is -0.465 e. The summed E-state index contributed by atoms with van der Waals surface area (Å²) in [5, 5.41) is 19.6. The predicted octanol–water partition coefficient (Wildman–Crippen LogP) is -0.126. The Balaban J connectivity index is 2.72. The highest BCUT2D eigenvalue weighted by atomic mass is 16.5. The Hall–Kier alpha value is -1.47. The Morgan fingerprint density at radius 1 is 1.61 bits per heavy atom. The van der Waals surface area contributed by atoms with Crippen molar-refractivity contribution < 1.29 is 14.6 Å². The third-order valence-electron chi connectivity index (χ3n) is 2.33. The molecule has 7 nitrogen and oxygen atoms in total. The van der Waals surface area contributed by atoms with Gasteiger partial charge in [-0.3, -0.25) is 10.00 Å². The van der Waals surface area contributed by atoms with Crippen molar-refractivity contribution in [1.29, 1.82) is 0 Å². The summed E-state index contributed by atoms with van der Waals surface area (Å²) in [6.07, 6.45) is 2.30. The summed E-state index contributed by atoms with van der Waals surface area (Å²) in [5.41, 5.74) is 0.535. The number of aliphatic hydroxyl groups excluding tert-OH is 1. The second-order valence-corrected chi connectivity index (χ2v) is 3.73. The van der Waals surface area contributed by atoms with Gasteiger partial charge in [0.05, 0.1) is 12.8 Å². The number of aromatic nitrogens is 3. The lowest BCUT2D eigenvalue weighted by molar-refractivity contribution is -0.145. The van der Waals surface area contributed by atoms with Gasteiger partial charge in [-0.05, 0) is 19.9 Å². The zero-order chi connectivity index (χ0) is 13.4. The van der Waals surface area contributed by atoms with Crippen LogP contribution in [-0.2, 0) is 16.1 Å². The number of nitrogens with zero attached hydrogens (tertiary/aromatic N) is 3. The second kappa shape index (κ2) is 7.78. The van der Waals surface area contributed by atoms with Crippen molar-refractivity contribution in [1.82, 2.24) is 20.3 Å². The van der Waals surface area contributed by atoms with Gasteiger partial charge in [-0.15, -0.1) is 5.10 Å². The number of carbonyl (C=O) groups is 1. The highest BCUT2D eigenvalue weighted by molar-refractivity contribution is 5.76. The fourth-order valence-electron chi connectivity index (χ4n) is 1.53. The molecule has 1 atom stereocenters. The molecule has 1 aromatic rings. The van der Waals surface area contributed by atoms with E-state index < -0.39 is 6.04 Å². The maximum Gasteiger partial charge on any atom is 0.329 e. The van der Waals surface area contributed by atoms with E-state index in [1.54, 1.807) is 17.8 Å². The number of rotatable bonds is 8. The number of aryl methyl sites for hydroxylation is 1. The van der Waals surface area contributed by atoms with E-state index in [1.165, 1.54) is 0 Å². The molecular weight excluding hydrogens is 236 g/mol. The number of likely N-dealkylation sites (N-methyl/N-ethyl adjacent to an activating group) is 1. The molecule has 1 heterocycles. The first-order chi connectivity index (χ1) is 8.72. The molecule has 0 aliphatic heterocycles. The van der Waals surface area contributed by atoms with Crippen LogP contribution in [0.4, 0.5) is 0 Å². The molecule has 2 N–H and O–H groups in total. The van der Waals surface area contributed by atoms with E-state index in [-0.39, 0.29) is 12.6 Å². The molecular formula is C11H20N4O3. The number of nitrogens with one attached hydrogen (secondary N) is 1. The van der Waals surface area contributed by atoms with E-state index in [2.05, 4.69) is 15.6 Å². The van der Waals surface area contributed by atoms with Crippen molar-refractivity contribution >= 4 is 5.97 Å². The molecule has 0 spiro atoms. The van der Waals surface area contributed by atoms with Gasteiger partial charge in [-0.25, -0.2) is 4.79 Å². The lowest BCUT2D eigenvalue weighted by Crippen LogP contribution is -2.30. The van der Waals surface area contributed by atoms with Crippen LogP contribution in [0.1, 0.15) is 32.0 Å². The molecule has 1 rings (SSSR count). The van der Waals surface area contributed by atoms with Crippen molar-refractivity contribution in [3.63, 3.8) is 0 Å². The summed E-state index contributed by atoms with van der Waals surface area (Å²) in [4.78, 5) is 11.8. The third kappa shape index (κ3) is 4.08. The molecule has 102 valence electrons. The van der Waals surface area contributed by atoms with Crippen molar-refractivity contribution in [2.24, 2.45) is 0 Å². The first kappa shape index (κ1) is 14.6. The van der Waals surface area contributed by atoms with Crippen LogP contribution in [0.5, 0.6) is 0 Å². The molecule has 0 radical (unpaired) electrons. The summed E-state index contributed by atoms with van der Waals surface area (Å²) in [6.45, 7) is 5.31. The molecule has 18 heavy (non-hydrogen) atoms. The molecule has 0 bridgehead atoms. The lowest BCUT2D eigenvalue weighted by atomic mass is 10.2. The quantitative estimate of drug-likeness (QED) is 0.630. The molecule has 0 saturated heterocycles. The smallest absolute Gasteiger partial charge is 0.329 e. The van der Waals surface area contributed by atoms with Crippen LogP contribution in [0.3, 0.4) is 0 Å². The van der Waals surface area contributed by atoms with Crippen LogP contribution in [-0.4, -0.2) is 45.8 Å². The van der Waals surface area contributed by atoms with Gasteiger partial charge in [0.1, 0.15) is 5.69 Å². The maximum absolute atomic E-state index is 11.8. The van der Waals surface area contributed by atoms with Gasteiger partial charge in [-0.2, -0.15) is 0 Å². The summed E-state index contributed by atoms with van der Waals surface area (Å²) >= 11 is 0. The van der Waals surface area contributed by atoms with E-state index >= 15 is 0 Å². The molecule has 0 fully saturated rings. The molecule has 1 unspecified atom stereocenters. The zero-order valence-electron chi connectivity index (χ0n) is 10.8. The number of esters is 1. The standard InChI is InChI=1S/C11H20N4O3/c1-3-12-10(11(17)18-4-2)9-8-15(14-13-9)6-5-7-16/h8,10,12,16H,3-7H2,1-2H3. The molecule has 1 aromatic heterocycles. The highest BCUT2D eigenvalue weighted by Crippen LogP contribution is 2.11. The first-order valence-corrected chi connectivity index (χ1v) is 6.13. The zero-order valence-corrected chi connectivity index (χ0v) is 10.8. The molecule has 0 aliphatic rings. The van der Waals surface area contributed by atoms with Crippen LogP contribution < -0.4 is 5.32 Å². The Kier molecular flexibility index (Phi) is 6.31. The second-order valence-electron chi connectivity index (χ2n) is 3.73. The van der Waals surface area contributed by atoms with Gasteiger partial charge >= 0.3 is 5.97 Å². The van der Waals surface area contributed by atoms with Crippen LogP contribution in [0, 0.1) is 0 Å². The first-order valence-electron chi connectivity index (χ1n) is 6.13. The van der Waals surface area contributed by atoms with Crippen LogP contribution >= 0.6 is 0 Å². The van der Waals surface area contributed by atoms with Crippen LogP contribution in [0.25, 0.3) is 0 Å². The molecule has 0 aliphatic carbocycles.